The highest BCUT2D eigenvalue weighted by Gasteiger charge is 2.32. The molecule has 31 heavy (non-hydrogen) atoms. The first-order valence-corrected chi connectivity index (χ1v) is 11.7. The van der Waals surface area contributed by atoms with Gasteiger partial charge < -0.3 is 9.64 Å². The number of carbonyl (C=O) groups is 1. The topological polar surface area (TPSA) is 48.9 Å². The molecule has 1 aromatic carbocycles. The number of aromatic nitrogens is 1. The molecule has 2 saturated heterocycles. The van der Waals surface area contributed by atoms with E-state index in [1.807, 2.05) is 29.2 Å². The lowest BCUT2D eigenvalue weighted by Crippen LogP contribution is -2.49. The van der Waals surface area contributed by atoms with Crippen molar-refractivity contribution >= 4 is 5.91 Å². The van der Waals surface area contributed by atoms with Gasteiger partial charge in [0.2, 0.25) is 0 Å². The Morgan fingerprint density at radius 2 is 1.81 bits per heavy atom. The zero-order chi connectivity index (χ0) is 21.0. The SMILES string of the molecule is O=C(c1ccc(CN2CCCCC2)c(Oc2cccnc2)c1)N1CCN(C2CC2)CC1. The second-order valence-corrected chi connectivity index (χ2v) is 9.01. The molecule has 0 spiro atoms. The third-order valence-corrected chi connectivity index (χ3v) is 6.68. The Kier molecular flexibility index (Phi) is 6.18. The minimum absolute atomic E-state index is 0.107. The van der Waals surface area contributed by atoms with Crippen LogP contribution in [0.1, 0.15) is 48.0 Å². The van der Waals surface area contributed by atoms with Gasteiger partial charge in [0.05, 0.1) is 6.20 Å². The van der Waals surface area contributed by atoms with Crippen LogP contribution in [0.5, 0.6) is 11.5 Å². The van der Waals surface area contributed by atoms with Crippen molar-refractivity contribution < 1.29 is 9.53 Å². The van der Waals surface area contributed by atoms with Gasteiger partial charge in [0.15, 0.2) is 0 Å². The number of piperidine rings is 1. The Labute approximate surface area is 184 Å². The summed E-state index contributed by atoms with van der Waals surface area (Å²) >= 11 is 0. The molecule has 0 N–H and O–H groups in total. The summed E-state index contributed by atoms with van der Waals surface area (Å²) in [5.41, 5.74) is 1.84. The van der Waals surface area contributed by atoms with Crippen LogP contribution in [-0.4, -0.2) is 70.9 Å². The van der Waals surface area contributed by atoms with Crippen LogP contribution in [0.25, 0.3) is 0 Å². The van der Waals surface area contributed by atoms with Gasteiger partial charge in [0.1, 0.15) is 11.5 Å². The lowest BCUT2D eigenvalue weighted by molar-refractivity contribution is 0.0627. The number of nitrogens with zero attached hydrogens (tertiary/aromatic N) is 4. The Morgan fingerprint density at radius 1 is 1.00 bits per heavy atom. The molecule has 0 bridgehead atoms. The normalized spacial score (nSPS) is 20.6. The van der Waals surface area contributed by atoms with Gasteiger partial charge >= 0.3 is 0 Å². The van der Waals surface area contributed by atoms with E-state index in [9.17, 15) is 4.79 Å². The zero-order valence-corrected chi connectivity index (χ0v) is 18.2. The summed E-state index contributed by atoms with van der Waals surface area (Å²) in [4.78, 5) is 24.4. The van der Waals surface area contributed by atoms with E-state index in [4.69, 9.17) is 4.74 Å². The molecule has 5 rings (SSSR count). The Hall–Kier alpha value is -2.44. The standard InChI is InChI=1S/C25H32N4O2/c30-25(29-15-13-28(14-16-29)22-8-9-22)20-6-7-21(19-27-11-2-1-3-12-27)24(17-20)31-23-5-4-10-26-18-23/h4-7,10,17-18,22H,1-3,8-9,11-16,19H2. The summed E-state index contributed by atoms with van der Waals surface area (Å²) in [6.45, 7) is 6.69. The molecular weight excluding hydrogens is 388 g/mol. The first kappa shape index (κ1) is 20.5. The summed E-state index contributed by atoms with van der Waals surface area (Å²) in [7, 11) is 0. The van der Waals surface area contributed by atoms with Crippen molar-refractivity contribution in [1.82, 2.24) is 19.7 Å². The molecule has 3 fully saturated rings. The molecule has 164 valence electrons. The third-order valence-electron chi connectivity index (χ3n) is 6.68. The highest BCUT2D eigenvalue weighted by molar-refractivity contribution is 5.94. The maximum atomic E-state index is 13.2. The van der Waals surface area contributed by atoms with Crippen LogP contribution in [0.2, 0.25) is 0 Å². The number of pyridine rings is 1. The van der Waals surface area contributed by atoms with Crippen molar-refractivity contribution in [3.05, 3.63) is 53.9 Å². The van der Waals surface area contributed by atoms with Crippen molar-refractivity contribution in [2.24, 2.45) is 0 Å². The molecule has 0 atom stereocenters. The summed E-state index contributed by atoms with van der Waals surface area (Å²) in [6.07, 6.45) is 9.92. The number of piperazine rings is 1. The number of rotatable bonds is 6. The minimum Gasteiger partial charge on any atom is -0.455 e. The van der Waals surface area contributed by atoms with Gasteiger partial charge in [-0.05, 0) is 63.0 Å². The smallest absolute Gasteiger partial charge is 0.254 e. The lowest BCUT2D eigenvalue weighted by atomic mass is 10.1. The highest BCUT2D eigenvalue weighted by atomic mass is 16.5. The number of likely N-dealkylation sites (tertiary alicyclic amines) is 1. The van der Waals surface area contributed by atoms with E-state index >= 15 is 0 Å². The molecular formula is C25H32N4O2. The van der Waals surface area contributed by atoms with E-state index in [1.165, 1.54) is 32.1 Å². The summed E-state index contributed by atoms with van der Waals surface area (Å²) in [6, 6.07) is 10.5. The fourth-order valence-corrected chi connectivity index (χ4v) is 4.72. The maximum Gasteiger partial charge on any atom is 0.254 e. The van der Waals surface area contributed by atoms with E-state index in [2.05, 4.69) is 20.9 Å². The molecule has 6 heteroatoms. The number of amides is 1. The van der Waals surface area contributed by atoms with E-state index in [0.717, 1.165) is 63.2 Å². The van der Waals surface area contributed by atoms with Crippen LogP contribution in [-0.2, 0) is 6.54 Å². The van der Waals surface area contributed by atoms with Crippen molar-refractivity contribution in [3.8, 4) is 11.5 Å². The lowest BCUT2D eigenvalue weighted by Gasteiger charge is -2.35. The first-order chi connectivity index (χ1) is 15.3. The number of benzene rings is 1. The van der Waals surface area contributed by atoms with Gasteiger partial charge in [-0.25, -0.2) is 0 Å². The van der Waals surface area contributed by atoms with E-state index in [1.54, 1.807) is 12.4 Å². The van der Waals surface area contributed by atoms with Crippen LogP contribution in [0.4, 0.5) is 0 Å². The van der Waals surface area contributed by atoms with Crippen molar-refractivity contribution in [2.45, 2.75) is 44.7 Å². The molecule has 2 aromatic rings. The fourth-order valence-electron chi connectivity index (χ4n) is 4.72. The second kappa shape index (κ2) is 9.37. The van der Waals surface area contributed by atoms with Gasteiger partial charge in [-0.15, -0.1) is 0 Å². The molecule has 2 aliphatic heterocycles. The first-order valence-electron chi connectivity index (χ1n) is 11.7. The second-order valence-electron chi connectivity index (χ2n) is 9.01. The van der Waals surface area contributed by atoms with Crippen LogP contribution >= 0.6 is 0 Å². The zero-order valence-electron chi connectivity index (χ0n) is 18.2. The number of carbonyl (C=O) groups excluding carboxylic acids is 1. The third kappa shape index (κ3) is 5.08. The molecule has 0 radical (unpaired) electrons. The van der Waals surface area contributed by atoms with Gasteiger partial charge in [-0.1, -0.05) is 12.5 Å². The predicted octanol–water partition coefficient (Wildman–Crippen LogP) is 3.78. The van der Waals surface area contributed by atoms with Crippen LogP contribution in [0.3, 0.4) is 0 Å². The molecule has 1 saturated carbocycles. The number of hydrogen-bond acceptors (Lipinski definition) is 5. The molecule has 1 amide bonds. The maximum absolute atomic E-state index is 13.2. The van der Waals surface area contributed by atoms with Crippen molar-refractivity contribution in [3.63, 3.8) is 0 Å². The molecule has 3 aliphatic rings. The molecule has 0 unspecified atom stereocenters. The van der Waals surface area contributed by atoms with Crippen molar-refractivity contribution in [1.29, 1.82) is 0 Å². The Morgan fingerprint density at radius 3 is 2.52 bits per heavy atom. The molecule has 6 nitrogen and oxygen atoms in total. The Balaban J connectivity index is 1.33. The van der Waals surface area contributed by atoms with Gasteiger partial charge in [0.25, 0.3) is 5.91 Å². The Bertz CT molecular complexity index is 886. The number of ether oxygens (including phenoxy) is 1. The molecule has 1 aliphatic carbocycles. The highest BCUT2D eigenvalue weighted by Crippen LogP contribution is 2.30. The van der Waals surface area contributed by atoms with E-state index in [-0.39, 0.29) is 5.91 Å². The quantitative estimate of drug-likeness (QED) is 0.712. The average molecular weight is 421 g/mol. The monoisotopic (exact) mass is 420 g/mol. The fraction of sp³-hybridized carbons (Fsp3) is 0.520. The summed E-state index contributed by atoms with van der Waals surface area (Å²) < 4.78 is 6.22. The molecule has 3 heterocycles. The van der Waals surface area contributed by atoms with Gasteiger partial charge in [0, 0.05) is 56.1 Å². The van der Waals surface area contributed by atoms with E-state index < -0.39 is 0 Å². The van der Waals surface area contributed by atoms with Crippen LogP contribution in [0.15, 0.2) is 42.7 Å². The minimum atomic E-state index is 0.107. The van der Waals surface area contributed by atoms with Crippen LogP contribution in [0, 0.1) is 0 Å². The summed E-state index contributed by atoms with van der Waals surface area (Å²) in [5.74, 6) is 1.57. The molecule has 1 aromatic heterocycles. The predicted molar refractivity (Wildman–Crippen MR) is 120 cm³/mol. The summed E-state index contributed by atoms with van der Waals surface area (Å²) in [5, 5.41) is 0. The van der Waals surface area contributed by atoms with Gasteiger partial charge in [-0.3, -0.25) is 19.6 Å². The van der Waals surface area contributed by atoms with Gasteiger partial charge in [-0.2, -0.15) is 0 Å². The number of hydrogen-bond donors (Lipinski definition) is 0. The average Bonchev–Trinajstić information content (AvgIpc) is 3.67. The van der Waals surface area contributed by atoms with E-state index in [0.29, 0.717) is 11.3 Å². The van der Waals surface area contributed by atoms with Crippen molar-refractivity contribution in [2.75, 3.05) is 39.3 Å². The largest absolute Gasteiger partial charge is 0.455 e. The van der Waals surface area contributed by atoms with Crippen LogP contribution < -0.4 is 4.74 Å².